The molecule has 0 saturated heterocycles. The summed E-state index contributed by atoms with van der Waals surface area (Å²) < 4.78 is 13.6. The fraction of sp³-hybridized carbons (Fsp3) is 0.0667. The smallest absolute Gasteiger partial charge is 0.249 e. The zero-order chi connectivity index (χ0) is 14.3. The molecule has 0 bridgehead atoms. The van der Waals surface area contributed by atoms with E-state index in [0.717, 1.165) is 16.5 Å². The highest BCUT2D eigenvalue weighted by molar-refractivity contribution is 6.01. The van der Waals surface area contributed by atoms with E-state index < -0.39 is 11.7 Å². The van der Waals surface area contributed by atoms with Crippen molar-refractivity contribution >= 4 is 16.8 Å². The van der Waals surface area contributed by atoms with Crippen LogP contribution in [0, 0.1) is 12.7 Å². The Kier molecular flexibility index (Phi) is 2.75. The third-order valence-electron chi connectivity index (χ3n) is 3.32. The lowest BCUT2D eigenvalue weighted by Crippen LogP contribution is -2.13. The average molecular weight is 269 g/mol. The van der Waals surface area contributed by atoms with Crippen LogP contribution in [-0.4, -0.2) is 16.1 Å². The fourth-order valence-corrected chi connectivity index (χ4v) is 2.23. The Labute approximate surface area is 114 Å². The minimum absolute atomic E-state index is 0.177. The van der Waals surface area contributed by atoms with E-state index >= 15 is 0 Å². The molecule has 0 aliphatic heterocycles. The van der Waals surface area contributed by atoms with Crippen LogP contribution < -0.4 is 5.73 Å². The highest BCUT2D eigenvalue weighted by atomic mass is 19.1. The van der Waals surface area contributed by atoms with Gasteiger partial charge in [-0.25, -0.2) is 4.39 Å². The van der Waals surface area contributed by atoms with E-state index in [1.165, 1.54) is 6.07 Å². The molecule has 0 unspecified atom stereocenters. The van der Waals surface area contributed by atoms with Gasteiger partial charge in [-0.05, 0) is 47.9 Å². The van der Waals surface area contributed by atoms with Crippen molar-refractivity contribution in [3.8, 4) is 11.1 Å². The standard InChI is InChI=1S/C15H12FN3O/c1-8-4-11(12(15(17)20)6-13(8)16)9-2-3-14-10(5-9)7-18-19-14/h2-7H,1H3,(H2,17,20)(H,18,19). The fourth-order valence-electron chi connectivity index (χ4n) is 2.23. The first-order valence-corrected chi connectivity index (χ1v) is 6.09. The van der Waals surface area contributed by atoms with Crippen LogP contribution in [-0.2, 0) is 0 Å². The zero-order valence-electron chi connectivity index (χ0n) is 10.8. The highest BCUT2D eigenvalue weighted by Gasteiger charge is 2.14. The summed E-state index contributed by atoms with van der Waals surface area (Å²) in [6.07, 6.45) is 1.69. The number of nitrogens with zero attached hydrogens (tertiary/aromatic N) is 1. The van der Waals surface area contributed by atoms with Crippen molar-refractivity contribution in [1.82, 2.24) is 10.2 Å². The van der Waals surface area contributed by atoms with Crippen molar-refractivity contribution in [2.24, 2.45) is 5.73 Å². The van der Waals surface area contributed by atoms with Crippen LogP contribution in [0.5, 0.6) is 0 Å². The number of fused-ring (bicyclic) bond motifs is 1. The molecule has 0 spiro atoms. The summed E-state index contributed by atoms with van der Waals surface area (Å²) in [5.74, 6) is -1.09. The first kappa shape index (κ1) is 12.3. The molecule has 100 valence electrons. The first-order chi connectivity index (χ1) is 9.56. The van der Waals surface area contributed by atoms with E-state index in [1.807, 2.05) is 18.2 Å². The molecule has 0 aliphatic rings. The predicted octanol–water partition coefficient (Wildman–Crippen LogP) is 2.78. The molecule has 4 nitrogen and oxygen atoms in total. The number of aromatic amines is 1. The summed E-state index contributed by atoms with van der Waals surface area (Å²) in [5, 5.41) is 7.72. The van der Waals surface area contributed by atoms with Gasteiger partial charge in [-0.2, -0.15) is 5.10 Å². The molecule has 1 aromatic heterocycles. The molecule has 0 fully saturated rings. The van der Waals surface area contributed by atoms with Crippen molar-refractivity contribution in [3.05, 3.63) is 53.5 Å². The molecule has 0 saturated carbocycles. The third kappa shape index (κ3) is 1.93. The molecule has 2 aromatic carbocycles. The van der Waals surface area contributed by atoms with Gasteiger partial charge in [-0.3, -0.25) is 9.89 Å². The van der Waals surface area contributed by atoms with Crippen molar-refractivity contribution in [1.29, 1.82) is 0 Å². The molecule has 3 rings (SSSR count). The maximum absolute atomic E-state index is 13.6. The van der Waals surface area contributed by atoms with Gasteiger partial charge in [0.05, 0.1) is 11.7 Å². The zero-order valence-corrected chi connectivity index (χ0v) is 10.8. The monoisotopic (exact) mass is 269 g/mol. The van der Waals surface area contributed by atoms with E-state index in [0.29, 0.717) is 11.1 Å². The summed E-state index contributed by atoms with van der Waals surface area (Å²) >= 11 is 0. The Morgan fingerprint density at radius 2 is 2.10 bits per heavy atom. The normalized spacial score (nSPS) is 10.9. The molecular weight excluding hydrogens is 257 g/mol. The van der Waals surface area contributed by atoms with Gasteiger partial charge >= 0.3 is 0 Å². The minimum Gasteiger partial charge on any atom is -0.366 e. The van der Waals surface area contributed by atoms with Gasteiger partial charge in [0.1, 0.15) is 5.82 Å². The second-order valence-electron chi connectivity index (χ2n) is 4.68. The van der Waals surface area contributed by atoms with Gasteiger partial charge in [0.25, 0.3) is 0 Å². The molecule has 3 N–H and O–H groups in total. The number of nitrogens with one attached hydrogen (secondary N) is 1. The van der Waals surface area contributed by atoms with Crippen LogP contribution in [0.15, 0.2) is 36.5 Å². The molecule has 5 heteroatoms. The van der Waals surface area contributed by atoms with Gasteiger partial charge in [0.2, 0.25) is 5.91 Å². The van der Waals surface area contributed by atoms with Crippen molar-refractivity contribution < 1.29 is 9.18 Å². The number of benzene rings is 2. The number of aromatic nitrogens is 2. The summed E-state index contributed by atoms with van der Waals surface area (Å²) in [6.45, 7) is 1.65. The number of hydrogen-bond acceptors (Lipinski definition) is 2. The van der Waals surface area contributed by atoms with Crippen LogP contribution in [0.25, 0.3) is 22.0 Å². The number of halogens is 1. The molecule has 0 radical (unpaired) electrons. The second-order valence-corrected chi connectivity index (χ2v) is 4.68. The number of rotatable bonds is 2. The molecule has 1 heterocycles. The summed E-state index contributed by atoms with van der Waals surface area (Å²) in [7, 11) is 0. The first-order valence-electron chi connectivity index (χ1n) is 6.09. The SMILES string of the molecule is Cc1cc(-c2ccc3[nH]ncc3c2)c(C(N)=O)cc1F. The number of nitrogens with two attached hydrogens (primary N) is 1. The number of primary amides is 1. The number of hydrogen-bond donors (Lipinski definition) is 2. The number of aryl methyl sites for hydroxylation is 1. The molecule has 0 aliphatic carbocycles. The van der Waals surface area contributed by atoms with Gasteiger partial charge in [-0.15, -0.1) is 0 Å². The minimum atomic E-state index is -0.647. The topological polar surface area (TPSA) is 71.8 Å². The summed E-state index contributed by atoms with van der Waals surface area (Å²) in [5.41, 5.74) is 8.31. The maximum Gasteiger partial charge on any atom is 0.249 e. The number of carbonyl (C=O) groups excluding carboxylic acids is 1. The lowest BCUT2D eigenvalue weighted by atomic mass is 9.96. The van der Waals surface area contributed by atoms with Crippen molar-refractivity contribution in [3.63, 3.8) is 0 Å². The third-order valence-corrected chi connectivity index (χ3v) is 3.32. The van der Waals surface area contributed by atoms with Crippen molar-refractivity contribution in [2.45, 2.75) is 6.92 Å². The molecule has 0 atom stereocenters. The van der Waals surface area contributed by atoms with Crippen LogP contribution in [0.3, 0.4) is 0 Å². The van der Waals surface area contributed by atoms with Crippen LogP contribution in [0.4, 0.5) is 4.39 Å². The lowest BCUT2D eigenvalue weighted by molar-refractivity contribution is 0.100. The number of carbonyl (C=O) groups is 1. The van der Waals surface area contributed by atoms with Crippen LogP contribution in [0.1, 0.15) is 15.9 Å². The Morgan fingerprint density at radius 3 is 2.85 bits per heavy atom. The summed E-state index contributed by atoms with van der Waals surface area (Å²) in [4.78, 5) is 11.5. The Morgan fingerprint density at radius 1 is 1.30 bits per heavy atom. The van der Waals surface area contributed by atoms with Crippen LogP contribution >= 0.6 is 0 Å². The Bertz CT molecular complexity index is 823. The van der Waals surface area contributed by atoms with E-state index in [-0.39, 0.29) is 5.56 Å². The number of amides is 1. The van der Waals surface area contributed by atoms with Gasteiger partial charge in [0, 0.05) is 10.9 Å². The summed E-state index contributed by atoms with van der Waals surface area (Å²) in [6, 6.07) is 8.42. The number of H-pyrrole nitrogens is 1. The van der Waals surface area contributed by atoms with Crippen molar-refractivity contribution in [2.75, 3.05) is 0 Å². The molecule has 20 heavy (non-hydrogen) atoms. The van der Waals surface area contributed by atoms with Gasteiger partial charge in [0.15, 0.2) is 0 Å². The maximum atomic E-state index is 13.6. The second kappa shape index (κ2) is 4.45. The molecular formula is C15H12FN3O. The predicted molar refractivity (Wildman–Crippen MR) is 74.7 cm³/mol. The lowest BCUT2D eigenvalue weighted by Gasteiger charge is -2.09. The van der Waals surface area contributed by atoms with E-state index in [1.54, 1.807) is 19.2 Å². The van der Waals surface area contributed by atoms with E-state index in [4.69, 9.17) is 5.73 Å². The largest absolute Gasteiger partial charge is 0.366 e. The Hall–Kier alpha value is -2.69. The van der Waals surface area contributed by atoms with Gasteiger partial charge < -0.3 is 5.73 Å². The molecule has 3 aromatic rings. The Balaban J connectivity index is 2.26. The van der Waals surface area contributed by atoms with Gasteiger partial charge in [-0.1, -0.05) is 6.07 Å². The highest BCUT2D eigenvalue weighted by Crippen LogP contribution is 2.28. The quantitative estimate of drug-likeness (QED) is 0.750. The van der Waals surface area contributed by atoms with E-state index in [2.05, 4.69) is 10.2 Å². The molecule has 1 amide bonds. The average Bonchev–Trinajstić information content (AvgIpc) is 2.88. The van der Waals surface area contributed by atoms with Crippen LogP contribution in [0.2, 0.25) is 0 Å². The van der Waals surface area contributed by atoms with E-state index in [9.17, 15) is 9.18 Å².